The molecule has 0 saturated heterocycles. The summed E-state index contributed by atoms with van der Waals surface area (Å²) in [4.78, 5) is 23.9. The van der Waals surface area contributed by atoms with E-state index in [2.05, 4.69) is 5.32 Å². The Kier molecular flexibility index (Phi) is 6.54. The second kappa shape index (κ2) is 8.84. The third-order valence-electron chi connectivity index (χ3n) is 3.52. The summed E-state index contributed by atoms with van der Waals surface area (Å²) >= 11 is 0. The zero-order valence-electron chi connectivity index (χ0n) is 14.5. The number of methoxy groups -OCH3 is 2. The first-order valence-electron chi connectivity index (χ1n) is 7.73. The molecule has 1 amide bonds. The van der Waals surface area contributed by atoms with Crippen molar-refractivity contribution in [1.82, 2.24) is 0 Å². The molecule has 0 unspecified atom stereocenters. The summed E-state index contributed by atoms with van der Waals surface area (Å²) in [5, 5.41) is 2.68. The van der Waals surface area contributed by atoms with E-state index in [1.807, 2.05) is 30.3 Å². The van der Waals surface area contributed by atoms with E-state index >= 15 is 0 Å². The highest BCUT2D eigenvalue weighted by Crippen LogP contribution is 2.33. The molecule has 0 bridgehead atoms. The quantitative estimate of drug-likeness (QED) is 0.746. The minimum absolute atomic E-state index is 0.124. The molecule has 6 nitrogen and oxygen atoms in total. The molecule has 2 aromatic carbocycles. The molecule has 2 rings (SSSR count). The van der Waals surface area contributed by atoms with E-state index in [0.29, 0.717) is 29.4 Å². The van der Waals surface area contributed by atoms with E-state index in [-0.39, 0.29) is 18.3 Å². The van der Waals surface area contributed by atoms with Gasteiger partial charge in [-0.1, -0.05) is 30.3 Å². The fourth-order valence-electron chi connectivity index (χ4n) is 2.30. The number of rotatable bonds is 8. The summed E-state index contributed by atoms with van der Waals surface area (Å²) in [6, 6.07) is 12.7. The number of carbonyl (C=O) groups is 2. The molecule has 0 spiro atoms. The Morgan fingerprint density at radius 1 is 1.00 bits per heavy atom. The molecule has 0 aliphatic rings. The van der Waals surface area contributed by atoms with Gasteiger partial charge in [-0.3, -0.25) is 9.59 Å². The lowest BCUT2D eigenvalue weighted by atomic mass is 10.1. The lowest BCUT2D eigenvalue weighted by Crippen LogP contribution is -2.20. The molecule has 0 aromatic heterocycles. The molecule has 0 radical (unpaired) electrons. The SMILES string of the molecule is COc1cc(NC(=O)COCc2ccccc2)c(C(C)=O)cc1OC. The zero-order chi connectivity index (χ0) is 18.2. The predicted molar refractivity (Wildman–Crippen MR) is 94.3 cm³/mol. The number of hydrogen-bond donors (Lipinski definition) is 1. The van der Waals surface area contributed by atoms with Crippen LogP contribution >= 0.6 is 0 Å². The second-order valence-electron chi connectivity index (χ2n) is 5.34. The van der Waals surface area contributed by atoms with Crippen molar-refractivity contribution in [2.24, 2.45) is 0 Å². The molecule has 0 aliphatic carbocycles. The van der Waals surface area contributed by atoms with Crippen LogP contribution in [0.5, 0.6) is 11.5 Å². The van der Waals surface area contributed by atoms with Gasteiger partial charge in [0.15, 0.2) is 17.3 Å². The van der Waals surface area contributed by atoms with E-state index in [0.717, 1.165) is 5.56 Å². The van der Waals surface area contributed by atoms with Gasteiger partial charge in [-0.15, -0.1) is 0 Å². The number of anilines is 1. The van der Waals surface area contributed by atoms with Crippen molar-refractivity contribution in [3.05, 3.63) is 53.6 Å². The van der Waals surface area contributed by atoms with Crippen molar-refractivity contribution in [2.45, 2.75) is 13.5 Å². The average Bonchev–Trinajstić information content (AvgIpc) is 2.62. The summed E-state index contributed by atoms with van der Waals surface area (Å²) in [7, 11) is 2.97. The number of carbonyl (C=O) groups excluding carboxylic acids is 2. The van der Waals surface area contributed by atoms with Crippen molar-refractivity contribution >= 4 is 17.4 Å². The highest BCUT2D eigenvalue weighted by atomic mass is 16.5. The Morgan fingerprint density at radius 2 is 1.64 bits per heavy atom. The fourth-order valence-corrected chi connectivity index (χ4v) is 2.30. The van der Waals surface area contributed by atoms with Crippen LogP contribution in [0.4, 0.5) is 5.69 Å². The Morgan fingerprint density at radius 3 is 2.24 bits per heavy atom. The van der Waals surface area contributed by atoms with Crippen LogP contribution < -0.4 is 14.8 Å². The molecule has 0 heterocycles. The normalized spacial score (nSPS) is 10.2. The number of ketones is 1. The van der Waals surface area contributed by atoms with E-state index in [9.17, 15) is 9.59 Å². The maximum atomic E-state index is 12.1. The van der Waals surface area contributed by atoms with Crippen LogP contribution in [0.3, 0.4) is 0 Å². The van der Waals surface area contributed by atoms with Gasteiger partial charge in [0.25, 0.3) is 0 Å². The maximum Gasteiger partial charge on any atom is 0.250 e. The lowest BCUT2D eigenvalue weighted by Gasteiger charge is -2.14. The summed E-state index contributed by atoms with van der Waals surface area (Å²) in [5.41, 5.74) is 1.68. The van der Waals surface area contributed by atoms with E-state index < -0.39 is 0 Å². The maximum absolute atomic E-state index is 12.1. The number of Topliss-reactive ketones (excluding diaryl/α,β-unsaturated/α-hetero) is 1. The Labute approximate surface area is 146 Å². The van der Waals surface area contributed by atoms with Crippen molar-refractivity contribution in [3.8, 4) is 11.5 Å². The zero-order valence-corrected chi connectivity index (χ0v) is 14.5. The van der Waals surface area contributed by atoms with Gasteiger partial charge in [-0.2, -0.15) is 0 Å². The molecule has 6 heteroatoms. The summed E-state index contributed by atoms with van der Waals surface area (Å²) in [5.74, 6) is 0.297. The second-order valence-corrected chi connectivity index (χ2v) is 5.34. The Bertz CT molecular complexity index is 743. The van der Waals surface area contributed by atoms with E-state index in [1.54, 1.807) is 12.1 Å². The molecular formula is C19H21NO5. The van der Waals surface area contributed by atoms with Crippen molar-refractivity contribution in [2.75, 3.05) is 26.1 Å². The fraction of sp³-hybridized carbons (Fsp3) is 0.263. The number of ether oxygens (including phenoxy) is 3. The Hall–Kier alpha value is -2.86. The van der Waals surface area contributed by atoms with Crippen molar-refractivity contribution in [3.63, 3.8) is 0 Å². The first-order valence-corrected chi connectivity index (χ1v) is 7.73. The van der Waals surface area contributed by atoms with Crippen LogP contribution in [0.2, 0.25) is 0 Å². The van der Waals surface area contributed by atoms with Gasteiger partial charge in [-0.05, 0) is 18.6 Å². The molecule has 0 aliphatic heterocycles. The number of amides is 1. The minimum Gasteiger partial charge on any atom is -0.493 e. The first kappa shape index (κ1) is 18.5. The Balaban J connectivity index is 2.05. The van der Waals surface area contributed by atoms with Crippen molar-refractivity contribution in [1.29, 1.82) is 0 Å². The van der Waals surface area contributed by atoms with Gasteiger partial charge in [0.05, 0.1) is 26.5 Å². The van der Waals surface area contributed by atoms with Gasteiger partial charge in [0, 0.05) is 11.6 Å². The third-order valence-corrected chi connectivity index (χ3v) is 3.52. The topological polar surface area (TPSA) is 73.9 Å². The van der Waals surface area contributed by atoms with Crippen LogP contribution in [0.1, 0.15) is 22.8 Å². The van der Waals surface area contributed by atoms with Gasteiger partial charge in [0.2, 0.25) is 5.91 Å². The summed E-state index contributed by atoms with van der Waals surface area (Å²) < 4.78 is 15.8. The minimum atomic E-state index is -0.356. The third kappa shape index (κ3) is 5.06. The van der Waals surface area contributed by atoms with E-state index in [1.165, 1.54) is 21.1 Å². The molecule has 0 atom stereocenters. The van der Waals surface area contributed by atoms with Gasteiger partial charge in [0.1, 0.15) is 6.61 Å². The standard InChI is InChI=1S/C19H21NO5/c1-13(21)15-9-17(23-2)18(24-3)10-16(15)20-19(22)12-25-11-14-7-5-4-6-8-14/h4-10H,11-12H2,1-3H3,(H,20,22). The summed E-state index contributed by atoms with van der Waals surface area (Å²) in [6.45, 7) is 1.63. The van der Waals surface area contributed by atoms with Crippen LogP contribution in [0, 0.1) is 0 Å². The van der Waals surface area contributed by atoms with Gasteiger partial charge in [-0.25, -0.2) is 0 Å². The molecule has 132 valence electrons. The van der Waals surface area contributed by atoms with Crippen LogP contribution in [-0.2, 0) is 16.1 Å². The highest BCUT2D eigenvalue weighted by molar-refractivity contribution is 6.04. The smallest absolute Gasteiger partial charge is 0.250 e. The van der Waals surface area contributed by atoms with Crippen LogP contribution in [0.25, 0.3) is 0 Å². The monoisotopic (exact) mass is 343 g/mol. The van der Waals surface area contributed by atoms with Crippen molar-refractivity contribution < 1.29 is 23.8 Å². The largest absolute Gasteiger partial charge is 0.493 e. The molecule has 0 saturated carbocycles. The predicted octanol–water partition coefficient (Wildman–Crippen LogP) is 3.06. The van der Waals surface area contributed by atoms with E-state index in [4.69, 9.17) is 14.2 Å². The molecular weight excluding hydrogens is 322 g/mol. The number of benzene rings is 2. The van der Waals surface area contributed by atoms with Gasteiger partial charge >= 0.3 is 0 Å². The number of nitrogens with one attached hydrogen (secondary N) is 1. The molecule has 0 fully saturated rings. The first-order chi connectivity index (χ1) is 12.0. The van der Waals surface area contributed by atoms with Gasteiger partial charge < -0.3 is 19.5 Å². The lowest BCUT2D eigenvalue weighted by molar-refractivity contribution is -0.121. The molecule has 25 heavy (non-hydrogen) atoms. The molecule has 1 N–H and O–H groups in total. The highest BCUT2D eigenvalue weighted by Gasteiger charge is 2.16. The van der Waals surface area contributed by atoms with Crippen LogP contribution in [-0.4, -0.2) is 32.5 Å². The number of hydrogen-bond acceptors (Lipinski definition) is 5. The van der Waals surface area contributed by atoms with Crippen LogP contribution in [0.15, 0.2) is 42.5 Å². The molecule has 2 aromatic rings. The average molecular weight is 343 g/mol. The summed E-state index contributed by atoms with van der Waals surface area (Å²) in [6.07, 6.45) is 0.